The Kier molecular flexibility index (Phi) is 8.42. The summed E-state index contributed by atoms with van der Waals surface area (Å²) in [7, 11) is 1.26. The molecule has 0 radical (unpaired) electrons. The number of pyridine rings is 1. The van der Waals surface area contributed by atoms with Crippen LogP contribution >= 0.6 is 23.1 Å². The number of nitrogens with zero attached hydrogens (tertiary/aromatic N) is 6. The quantitative estimate of drug-likeness (QED) is 0.0729. The lowest BCUT2D eigenvalue weighted by molar-refractivity contribution is -0.688. The highest BCUT2D eigenvalue weighted by atomic mass is 32.2. The average Bonchev–Trinajstić information content (AvgIpc) is 3.61. The molecule has 3 aromatic heterocycles. The maximum absolute atomic E-state index is 13.2. The molecule has 7 N–H and O–H groups in total. The number of aromatic nitrogens is 4. The van der Waals surface area contributed by atoms with Gasteiger partial charge in [0.1, 0.15) is 29.9 Å². The van der Waals surface area contributed by atoms with Gasteiger partial charge < -0.3 is 31.8 Å². The van der Waals surface area contributed by atoms with Crippen molar-refractivity contribution in [2.75, 3.05) is 25.2 Å². The van der Waals surface area contributed by atoms with Crippen molar-refractivity contribution >= 4 is 57.6 Å². The molecule has 0 saturated carbocycles. The van der Waals surface area contributed by atoms with Crippen LogP contribution < -0.4 is 21.4 Å². The molecule has 2 aliphatic rings. The van der Waals surface area contributed by atoms with Gasteiger partial charge in [-0.05, 0) is 12.1 Å². The van der Waals surface area contributed by atoms with Crippen molar-refractivity contribution in [3.05, 3.63) is 58.6 Å². The van der Waals surface area contributed by atoms with Crippen LogP contribution in [-0.2, 0) is 32.3 Å². The number of nitrogens with one attached hydrogen (secondary N) is 1. The summed E-state index contributed by atoms with van der Waals surface area (Å²) in [6.45, 7) is 0.0657. The van der Waals surface area contributed by atoms with Gasteiger partial charge in [0.05, 0.1) is 24.4 Å². The molecule has 2 aliphatic heterocycles. The number of carbonyl (C=O) groups excluding carboxylic acids is 3. The van der Waals surface area contributed by atoms with Gasteiger partial charge in [-0.1, -0.05) is 5.16 Å². The van der Waals surface area contributed by atoms with Crippen LogP contribution in [0.25, 0.3) is 11.3 Å². The molecule has 1 fully saturated rings. The lowest BCUT2D eigenvalue weighted by Crippen LogP contribution is -2.71. The van der Waals surface area contributed by atoms with E-state index in [1.807, 2.05) is 0 Å². The fraction of sp³-hybridized carbons (Fsp3) is 0.280. The Morgan fingerprint density at radius 3 is 2.77 bits per heavy atom. The summed E-state index contributed by atoms with van der Waals surface area (Å²) in [5.41, 5.74) is 12.6. The first-order valence-corrected chi connectivity index (χ1v) is 14.6. The SMILES string of the molecule is CO/N=C(\C(=O)N[C@@H]1C(=O)N2C(C(=O)O)=C(C[n+]3cccc(-c4cc(C(N)=O)nn4CCO)c3)CS[C@H]12)c1csc(N)n1. The largest absolute Gasteiger partial charge is 0.477 e. The Morgan fingerprint density at radius 2 is 2.12 bits per heavy atom. The first kappa shape index (κ1) is 29.7. The van der Waals surface area contributed by atoms with E-state index in [1.165, 1.54) is 39.9 Å². The second-order valence-electron chi connectivity index (χ2n) is 9.30. The number of carboxylic acid groups (broad SMARTS) is 1. The average molecular weight is 629 g/mol. The highest BCUT2D eigenvalue weighted by Gasteiger charge is 2.54. The molecule has 0 aromatic carbocycles. The summed E-state index contributed by atoms with van der Waals surface area (Å²) in [5, 5.41) is 31.1. The van der Waals surface area contributed by atoms with Crippen LogP contribution in [0.2, 0.25) is 0 Å². The molecule has 43 heavy (non-hydrogen) atoms. The molecule has 3 aromatic rings. The summed E-state index contributed by atoms with van der Waals surface area (Å²) in [4.78, 5) is 60.2. The maximum Gasteiger partial charge on any atom is 0.352 e. The summed E-state index contributed by atoms with van der Waals surface area (Å²) >= 11 is 2.42. The molecule has 5 rings (SSSR count). The highest BCUT2D eigenvalue weighted by molar-refractivity contribution is 8.00. The Labute approximate surface area is 251 Å². The van der Waals surface area contributed by atoms with E-state index in [0.29, 0.717) is 16.8 Å². The second-order valence-corrected chi connectivity index (χ2v) is 11.3. The summed E-state index contributed by atoms with van der Waals surface area (Å²) < 4.78 is 3.20. The van der Waals surface area contributed by atoms with Gasteiger partial charge in [-0.25, -0.2) is 14.3 Å². The molecule has 16 nitrogen and oxygen atoms in total. The fourth-order valence-corrected chi connectivity index (χ4v) is 6.62. The van der Waals surface area contributed by atoms with Gasteiger partial charge in [0.25, 0.3) is 17.7 Å². The minimum atomic E-state index is -1.28. The number of carboxylic acids is 1. The number of hydrogen-bond acceptors (Lipinski definition) is 12. The van der Waals surface area contributed by atoms with Gasteiger partial charge in [0.15, 0.2) is 35.5 Å². The van der Waals surface area contributed by atoms with Crippen molar-refractivity contribution < 1.29 is 38.8 Å². The van der Waals surface area contributed by atoms with E-state index in [9.17, 15) is 29.4 Å². The number of fused-ring (bicyclic) bond motifs is 1. The van der Waals surface area contributed by atoms with Crippen LogP contribution in [0.5, 0.6) is 0 Å². The first-order valence-electron chi connectivity index (χ1n) is 12.6. The van der Waals surface area contributed by atoms with Crippen molar-refractivity contribution in [2.24, 2.45) is 10.9 Å². The van der Waals surface area contributed by atoms with Crippen LogP contribution in [0, 0.1) is 0 Å². The maximum atomic E-state index is 13.2. The lowest BCUT2D eigenvalue weighted by atomic mass is 10.0. The number of oxime groups is 1. The normalized spacial score (nSPS) is 18.2. The number of β-lactam (4-membered cyclic amide) rings is 1. The number of nitrogens with two attached hydrogens (primary N) is 2. The van der Waals surface area contributed by atoms with Crippen molar-refractivity contribution in [3.63, 3.8) is 0 Å². The zero-order valence-corrected chi connectivity index (χ0v) is 24.2. The fourth-order valence-electron chi connectivity index (χ4n) is 4.73. The minimum absolute atomic E-state index is 0.0405. The standard InChI is InChI=1S/C25H25N9O7S2/c1-41-31-17(15-11-43-25(27)28-15)21(37)29-18-22(38)34-19(24(39)40)13(10-42-23(18)34)9-32-4-2-3-12(8-32)16-7-14(20(26)36)30-33(16)5-6-35/h2-4,7-8,11,18,23,35H,5-6,9-10H2,1H3,(H5-,26,27,28,29,36,37,39,40)/p+1/b31-17-/t18-,23-/m1/s1. The van der Waals surface area contributed by atoms with Crippen molar-refractivity contribution in [3.8, 4) is 11.3 Å². The van der Waals surface area contributed by atoms with Crippen molar-refractivity contribution in [2.45, 2.75) is 24.5 Å². The van der Waals surface area contributed by atoms with Gasteiger partial charge in [-0.15, -0.1) is 23.1 Å². The van der Waals surface area contributed by atoms with Gasteiger partial charge in [-0.2, -0.15) is 5.10 Å². The van der Waals surface area contributed by atoms with E-state index in [2.05, 4.69) is 20.6 Å². The van der Waals surface area contributed by atoms with Gasteiger partial charge >= 0.3 is 5.97 Å². The Bertz CT molecular complexity index is 1680. The number of anilines is 1. The lowest BCUT2D eigenvalue weighted by Gasteiger charge is -2.49. The van der Waals surface area contributed by atoms with Crippen LogP contribution in [0.4, 0.5) is 5.13 Å². The number of hydrogen-bond donors (Lipinski definition) is 5. The molecule has 224 valence electrons. The van der Waals surface area contributed by atoms with E-state index >= 15 is 0 Å². The predicted molar refractivity (Wildman–Crippen MR) is 153 cm³/mol. The molecule has 2 atom stereocenters. The molecule has 1 saturated heterocycles. The third-order valence-corrected chi connectivity index (χ3v) is 8.58. The zero-order chi connectivity index (χ0) is 30.8. The van der Waals surface area contributed by atoms with Crippen molar-refractivity contribution in [1.29, 1.82) is 0 Å². The third kappa shape index (κ3) is 5.79. The number of thiazole rings is 1. The predicted octanol–water partition coefficient (Wildman–Crippen LogP) is -1.24. The first-order chi connectivity index (χ1) is 20.6. The number of carbonyl (C=O) groups is 4. The molecule has 18 heteroatoms. The monoisotopic (exact) mass is 628 g/mol. The Hall–Kier alpha value is -4.81. The van der Waals surface area contributed by atoms with E-state index < -0.39 is 35.1 Å². The Balaban J connectivity index is 1.37. The van der Waals surface area contributed by atoms with Crippen LogP contribution in [0.15, 0.2) is 52.4 Å². The van der Waals surface area contributed by atoms with Crippen molar-refractivity contribution in [1.82, 2.24) is 25.0 Å². The van der Waals surface area contributed by atoms with Gasteiger partial charge in [-0.3, -0.25) is 24.0 Å². The molecule has 0 bridgehead atoms. The van der Waals surface area contributed by atoms with E-state index in [-0.39, 0.29) is 53.4 Å². The van der Waals surface area contributed by atoms with Gasteiger partial charge in [0.2, 0.25) is 0 Å². The molecule has 5 heterocycles. The Morgan fingerprint density at radius 1 is 1.33 bits per heavy atom. The zero-order valence-electron chi connectivity index (χ0n) is 22.5. The summed E-state index contributed by atoms with van der Waals surface area (Å²) in [6.07, 6.45) is 3.47. The number of primary amides is 1. The number of aliphatic hydroxyl groups is 1. The highest BCUT2D eigenvalue weighted by Crippen LogP contribution is 2.40. The number of thioether (sulfide) groups is 1. The summed E-state index contributed by atoms with van der Waals surface area (Å²) in [5.74, 6) is -3.02. The summed E-state index contributed by atoms with van der Waals surface area (Å²) in [6, 6.07) is 4.04. The van der Waals surface area contributed by atoms with Crippen LogP contribution in [0.3, 0.4) is 0 Å². The van der Waals surface area contributed by atoms with Gasteiger partial charge in [0, 0.05) is 22.8 Å². The number of aliphatic carboxylic acids is 1. The molecular weight excluding hydrogens is 602 g/mol. The van der Waals surface area contributed by atoms with Crippen LogP contribution in [0.1, 0.15) is 16.2 Å². The van der Waals surface area contributed by atoms with E-state index in [1.54, 1.807) is 29.1 Å². The number of rotatable bonds is 11. The smallest absolute Gasteiger partial charge is 0.352 e. The number of nitrogen functional groups attached to an aromatic ring is 1. The van der Waals surface area contributed by atoms with E-state index in [4.69, 9.17) is 16.3 Å². The topological polar surface area (TPSA) is 232 Å². The second kappa shape index (κ2) is 12.2. The number of aliphatic hydroxyl groups excluding tert-OH is 1. The van der Waals surface area contributed by atoms with E-state index in [0.717, 1.165) is 11.3 Å². The molecule has 0 unspecified atom stereocenters. The molecular formula is C25H26N9O7S2+. The minimum Gasteiger partial charge on any atom is -0.477 e. The number of amides is 3. The molecule has 0 aliphatic carbocycles. The third-order valence-electron chi connectivity index (χ3n) is 6.57. The molecule has 0 spiro atoms. The van der Waals surface area contributed by atoms with Crippen LogP contribution in [-0.4, -0.2) is 90.2 Å². The molecule has 3 amide bonds.